The maximum Gasteiger partial charge on any atom is 0.164 e. The van der Waals surface area contributed by atoms with Gasteiger partial charge in [-0.25, -0.2) is 0 Å². The van der Waals surface area contributed by atoms with Crippen LogP contribution in [0, 0.1) is 11.8 Å². The van der Waals surface area contributed by atoms with Crippen LogP contribution in [0.3, 0.4) is 0 Å². The van der Waals surface area contributed by atoms with Crippen molar-refractivity contribution in [2.24, 2.45) is 11.8 Å². The third kappa shape index (κ3) is 3.59. The first-order valence-corrected chi connectivity index (χ1v) is 10.4. The van der Waals surface area contributed by atoms with Crippen molar-refractivity contribution in [3.8, 4) is 23.0 Å². The Morgan fingerprint density at radius 3 is 2.37 bits per heavy atom. The van der Waals surface area contributed by atoms with E-state index < -0.39 is 5.60 Å². The van der Waals surface area contributed by atoms with Crippen molar-refractivity contribution < 1.29 is 24.1 Å². The Hall–Kier alpha value is -2.44. The summed E-state index contributed by atoms with van der Waals surface area (Å²) in [7, 11) is 6.60. The van der Waals surface area contributed by atoms with Gasteiger partial charge >= 0.3 is 0 Å². The molecule has 1 aliphatic carbocycles. The minimum absolute atomic E-state index is 0.204. The predicted molar refractivity (Wildman–Crippen MR) is 114 cm³/mol. The fourth-order valence-corrected chi connectivity index (χ4v) is 5.22. The number of methoxy groups -OCH3 is 4. The van der Waals surface area contributed by atoms with Gasteiger partial charge in [-0.1, -0.05) is 12.1 Å². The summed E-state index contributed by atoms with van der Waals surface area (Å²) in [6, 6.07) is 11.7. The molecule has 0 aromatic heterocycles. The molecule has 4 rings (SSSR count). The summed E-state index contributed by atoms with van der Waals surface area (Å²) in [6.07, 6.45) is 1.82. The summed E-state index contributed by atoms with van der Waals surface area (Å²) < 4.78 is 21.9. The highest BCUT2D eigenvalue weighted by atomic mass is 16.5. The van der Waals surface area contributed by atoms with Crippen molar-refractivity contribution >= 4 is 0 Å². The highest BCUT2D eigenvalue weighted by molar-refractivity contribution is 5.50. The van der Waals surface area contributed by atoms with Crippen LogP contribution in [0.4, 0.5) is 0 Å². The Bertz CT molecular complexity index is 901. The molecule has 1 saturated carbocycles. The van der Waals surface area contributed by atoms with Crippen LogP contribution in [0.1, 0.15) is 24.0 Å². The topological polar surface area (TPSA) is 60.4 Å². The van der Waals surface area contributed by atoms with E-state index in [2.05, 4.69) is 4.90 Å². The number of aliphatic hydroxyl groups is 1. The molecular formula is C24H31NO5. The molecule has 0 bridgehead atoms. The maximum absolute atomic E-state index is 11.6. The standard InChI is InChI=1S/C24H31NO5/c1-27-19-7-5-6-18(11-19)24(26)9-8-16-13-25(15-20(16)24)14-17-10-22(29-3)23(30-4)12-21(17)28-2/h5-7,10-12,16,20,26H,8-9,13-15H2,1-4H3/t16-,20+,24+/m1/s1. The van der Waals surface area contributed by atoms with Crippen molar-refractivity contribution in [3.63, 3.8) is 0 Å². The molecule has 1 saturated heterocycles. The monoisotopic (exact) mass is 413 g/mol. The minimum atomic E-state index is -0.810. The lowest BCUT2D eigenvalue weighted by Crippen LogP contribution is -2.34. The smallest absolute Gasteiger partial charge is 0.164 e. The van der Waals surface area contributed by atoms with Crippen LogP contribution in [0.25, 0.3) is 0 Å². The summed E-state index contributed by atoms with van der Waals surface area (Å²) in [5.74, 6) is 3.61. The second-order valence-corrected chi connectivity index (χ2v) is 8.27. The highest BCUT2D eigenvalue weighted by Gasteiger charge is 2.52. The molecule has 3 atom stereocenters. The fourth-order valence-electron chi connectivity index (χ4n) is 5.22. The molecule has 30 heavy (non-hydrogen) atoms. The van der Waals surface area contributed by atoms with Crippen LogP contribution >= 0.6 is 0 Å². The van der Waals surface area contributed by atoms with Crippen LogP contribution in [0.15, 0.2) is 36.4 Å². The lowest BCUT2D eigenvalue weighted by atomic mass is 9.82. The third-order valence-electron chi connectivity index (χ3n) is 6.78. The summed E-state index contributed by atoms with van der Waals surface area (Å²) in [6.45, 7) is 2.55. The van der Waals surface area contributed by atoms with E-state index in [4.69, 9.17) is 18.9 Å². The molecular weight excluding hydrogens is 382 g/mol. The van der Waals surface area contributed by atoms with Gasteiger partial charge in [0.25, 0.3) is 0 Å². The molecule has 0 amide bonds. The molecule has 0 radical (unpaired) electrons. The molecule has 2 aromatic rings. The van der Waals surface area contributed by atoms with E-state index in [0.717, 1.165) is 55.1 Å². The number of rotatable bonds is 7. The number of nitrogens with zero attached hydrogens (tertiary/aromatic N) is 1. The quantitative estimate of drug-likeness (QED) is 0.750. The average molecular weight is 414 g/mol. The van der Waals surface area contributed by atoms with Crippen molar-refractivity contribution in [2.75, 3.05) is 41.5 Å². The zero-order valence-corrected chi connectivity index (χ0v) is 18.2. The van der Waals surface area contributed by atoms with E-state index in [1.54, 1.807) is 28.4 Å². The first-order chi connectivity index (χ1) is 14.5. The van der Waals surface area contributed by atoms with Gasteiger partial charge in [-0.3, -0.25) is 4.90 Å². The number of hydrogen-bond acceptors (Lipinski definition) is 6. The molecule has 2 aliphatic rings. The second kappa shape index (κ2) is 8.36. The van der Waals surface area contributed by atoms with Crippen LogP contribution in [0.5, 0.6) is 23.0 Å². The highest BCUT2D eigenvalue weighted by Crippen LogP contribution is 2.51. The van der Waals surface area contributed by atoms with Crippen LogP contribution in [-0.4, -0.2) is 51.5 Å². The normalized spacial score (nSPS) is 25.8. The van der Waals surface area contributed by atoms with Crippen molar-refractivity contribution in [1.29, 1.82) is 0 Å². The Morgan fingerprint density at radius 1 is 0.933 bits per heavy atom. The Labute approximate surface area is 178 Å². The van der Waals surface area contributed by atoms with Gasteiger partial charge in [0.05, 0.1) is 34.0 Å². The van der Waals surface area contributed by atoms with E-state index >= 15 is 0 Å². The molecule has 1 aliphatic heterocycles. The van der Waals surface area contributed by atoms with E-state index in [-0.39, 0.29) is 5.92 Å². The molecule has 1 N–H and O–H groups in total. The van der Waals surface area contributed by atoms with Gasteiger partial charge in [-0.15, -0.1) is 0 Å². The van der Waals surface area contributed by atoms with E-state index in [0.29, 0.717) is 17.4 Å². The average Bonchev–Trinajstić information content (AvgIpc) is 3.33. The lowest BCUT2D eigenvalue weighted by molar-refractivity contribution is -0.00700. The number of likely N-dealkylation sites (tertiary alicyclic amines) is 1. The summed E-state index contributed by atoms with van der Waals surface area (Å²) in [5, 5.41) is 11.6. The van der Waals surface area contributed by atoms with E-state index in [9.17, 15) is 5.11 Å². The molecule has 6 heteroatoms. The lowest BCUT2D eigenvalue weighted by Gasteiger charge is -2.31. The molecule has 0 spiro atoms. The molecule has 0 unspecified atom stereocenters. The molecule has 1 heterocycles. The van der Waals surface area contributed by atoms with Crippen LogP contribution < -0.4 is 18.9 Å². The fraction of sp³-hybridized carbons (Fsp3) is 0.500. The number of fused-ring (bicyclic) bond motifs is 1. The first-order valence-electron chi connectivity index (χ1n) is 10.4. The summed E-state index contributed by atoms with van der Waals surface area (Å²) >= 11 is 0. The first kappa shape index (κ1) is 20.8. The predicted octanol–water partition coefficient (Wildman–Crippen LogP) is 3.45. The molecule has 2 fully saturated rings. The molecule has 162 valence electrons. The van der Waals surface area contributed by atoms with Crippen molar-refractivity contribution in [3.05, 3.63) is 47.5 Å². The number of ether oxygens (including phenoxy) is 4. The van der Waals surface area contributed by atoms with Crippen LogP contribution in [0.2, 0.25) is 0 Å². The second-order valence-electron chi connectivity index (χ2n) is 8.27. The third-order valence-corrected chi connectivity index (χ3v) is 6.78. The van der Waals surface area contributed by atoms with Gasteiger partial charge in [0, 0.05) is 37.2 Å². The number of hydrogen-bond donors (Lipinski definition) is 1. The Balaban J connectivity index is 1.55. The van der Waals surface area contributed by atoms with Gasteiger partial charge in [0.15, 0.2) is 11.5 Å². The maximum atomic E-state index is 11.6. The van der Waals surface area contributed by atoms with E-state index in [1.807, 2.05) is 36.4 Å². The molecule has 2 aromatic carbocycles. The zero-order chi connectivity index (χ0) is 21.3. The van der Waals surface area contributed by atoms with Gasteiger partial charge in [-0.05, 0) is 42.5 Å². The van der Waals surface area contributed by atoms with Gasteiger partial charge < -0.3 is 24.1 Å². The number of benzene rings is 2. The molecule has 6 nitrogen and oxygen atoms in total. The Morgan fingerprint density at radius 2 is 1.67 bits per heavy atom. The minimum Gasteiger partial charge on any atom is -0.497 e. The van der Waals surface area contributed by atoms with Gasteiger partial charge in [0.2, 0.25) is 0 Å². The largest absolute Gasteiger partial charge is 0.497 e. The van der Waals surface area contributed by atoms with E-state index in [1.165, 1.54) is 0 Å². The van der Waals surface area contributed by atoms with Crippen LogP contribution in [-0.2, 0) is 12.1 Å². The summed E-state index contributed by atoms with van der Waals surface area (Å²) in [4.78, 5) is 2.41. The zero-order valence-electron chi connectivity index (χ0n) is 18.2. The SMILES string of the molecule is COc1cccc([C@@]2(O)CC[C@@H]3CN(Cc4cc(OC)c(OC)cc4OC)C[C@@H]32)c1. The van der Waals surface area contributed by atoms with Gasteiger partial charge in [-0.2, -0.15) is 0 Å². The van der Waals surface area contributed by atoms with Crippen molar-refractivity contribution in [1.82, 2.24) is 4.90 Å². The van der Waals surface area contributed by atoms with Gasteiger partial charge in [0.1, 0.15) is 11.5 Å². The van der Waals surface area contributed by atoms with Crippen molar-refractivity contribution in [2.45, 2.75) is 25.0 Å². The Kier molecular flexibility index (Phi) is 5.80. The summed E-state index contributed by atoms with van der Waals surface area (Å²) in [5.41, 5.74) is 1.20.